The van der Waals surface area contributed by atoms with E-state index in [1.165, 1.54) is 12.1 Å². The first-order valence-corrected chi connectivity index (χ1v) is 5.60. The summed E-state index contributed by atoms with van der Waals surface area (Å²) < 4.78 is 47.7. The minimum Gasteiger partial charge on any atom is -0.486 e. The highest BCUT2D eigenvalue weighted by atomic mass is 19.4. The van der Waals surface area contributed by atoms with E-state index < -0.39 is 23.5 Å². The van der Waals surface area contributed by atoms with E-state index >= 15 is 0 Å². The van der Waals surface area contributed by atoms with Crippen LogP contribution in [0.1, 0.15) is 12.0 Å². The summed E-state index contributed by atoms with van der Waals surface area (Å²) in [6.45, 7) is 1.55. The van der Waals surface area contributed by atoms with E-state index in [1.54, 1.807) is 12.1 Å². The van der Waals surface area contributed by atoms with Gasteiger partial charge in [-0.3, -0.25) is 4.79 Å². The molecule has 0 saturated carbocycles. The normalized spacial score (nSPS) is 16.3. The van der Waals surface area contributed by atoms with Crippen LogP contribution in [0, 0.1) is 6.92 Å². The van der Waals surface area contributed by atoms with E-state index in [-0.39, 0.29) is 18.8 Å². The molecule has 0 unspecified atom stereocenters. The highest BCUT2D eigenvalue weighted by molar-refractivity contribution is 5.95. The number of carbonyl (C=O) groups excluding carboxylic acids is 1. The van der Waals surface area contributed by atoms with Gasteiger partial charge in [0.1, 0.15) is 5.75 Å². The summed E-state index contributed by atoms with van der Waals surface area (Å²) in [6, 6.07) is 6.35. The molecule has 0 saturated heterocycles. The Labute approximate surface area is 107 Å². The number of ketones is 1. The summed E-state index contributed by atoms with van der Waals surface area (Å²) in [6.07, 6.45) is -4.86. The number of halogens is 3. The molecule has 0 aliphatic carbocycles. The van der Waals surface area contributed by atoms with Gasteiger partial charge in [0.25, 0.3) is 0 Å². The van der Waals surface area contributed by atoms with Crippen LogP contribution in [-0.2, 0) is 9.53 Å². The summed E-state index contributed by atoms with van der Waals surface area (Å²) in [7, 11) is 0. The molecular weight excluding hydrogens is 261 g/mol. The number of benzene rings is 1. The van der Waals surface area contributed by atoms with Gasteiger partial charge in [0.15, 0.2) is 0 Å². The molecule has 0 spiro atoms. The molecule has 0 aromatic heterocycles. The number of carbonyl (C=O) groups is 1. The van der Waals surface area contributed by atoms with E-state index in [4.69, 9.17) is 4.74 Å². The average molecular weight is 272 g/mol. The van der Waals surface area contributed by atoms with Gasteiger partial charge in [-0.25, -0.2) is 0 Å². The molecule has 0 radical (unpaired) electrons. The van der Waals surface area contributed by atoms with E-state index in [1.807, 2.05) is 6.92 Å². The van der Waals surface area contributed by atoms with Gasteiger partial charge in [0.2, 0.25) is 17.3 Å². The third-order valence-electron chi connectivity index (χ3n) is 2.53. The lowest BCUT2D eigenvalue weighted by atomic mass is 10.1. The Kier molecular flexibility index (Phi) is 3.50. The van der Waals surface area contributed by atoms with E-state index in [0.29, 0.717) is 0 Å². The molecule has 1 heterocycles. The average Bonchev–Trinajstić information content (AvgIpc) is 2.33. The Balaban J connectivity index is 2.35. The highest BCUT2D eigenvalue weighted by Crippen LogP contribution is 2.33. The summed E-state index contributed by atoms with van der Waals surface area (Å²) in [5.41, 5.74) is 0.934. The first kappa shape index (κ1) is 13.5. The van der Waals surface area contributed by atoms with Crippen LogP contribution in [0.15, 0.2) is 35.8 Å². The molecule has 102 valence electrons. The van der Waals surface area contributed by atoms with Gasteiger partial charge >= 0.3 is 6.18 Å². The maximum atomic E-state index is 12.7. The Hall–Kier alpha value is -1.98. The molecule has 2 rings (SSSR count). The van der Waals surface area contributed by atoms with Crippen molar-refractivity contribution in [2.45, 2.75) is 19.5 Å². The molecule has 0 N–H and O–H groups in total. The number of rotatable bonds is 2. The third-order valence-corrected chi connectivity index (χ3v) is 2.53. The lowest BCUT2D eigenvalue weighted by Gasteiger charge is -2.21. The van der Waals surface area contributed by atoms with Gasteiger partial charge in [-0.1, -0.05) is 17.7 Å². The minimum atomic E-state index is -4.74. The Morgan fingerprint density at radius 3 is 2.42 bits per heavy atom. The summed E-state index contributed by atoms with van der Waals surface area (Å²) >= 11 is 0. The van der Waals surface area contributed by atoms with Crippen LogP contribution in [0.5, 0.6) is 5.75 Å². The largest absolute Gasteiger partial charge is 0.486 e. The Bertz CT molecular complexity index is 515. The van der Waals surface area contributed by atoms with Crippen LogP contribution in [0.3, 0.4) is 0 Å². The van der Waals surface area contributed by atoms with Crippen molar-refractivity contribution >= 4 is 5.78 Å². The number of Topliss-reactive ketones (excluding diaryl/α,β-unsaturated/α-hetero) is 1. The molecule has 6 heteroatoms. The van der Waals surface area contributed by atoms with Crippen LogP contribution in [0.4, 0.5) is 13.2 Å². The monoisotopic (exact) mass is 272 g/mol. The molecule has 1 aromatic carbocycles. The van der Waals surface area contributed by atoms with Crippen LogP contribution in [0.25, 0.3) is 0 Å². The number of ether oxygens (including phenoxy) is 2. The number of alkyl halides is 3. The zero-order valence-electron chi connectivity index (χ0n) is 10.1. The standard InChI is InChI=1S/C13H11F3O3/c1-8-2-4-9(5-3-8)19-11-10(17)6-7-18-12(11)13(14,15)16/h2-5H,6-7H2,1H3. The quantitative estimate of drug-likeness (QED) is 0.829. The summed E-state index contributed by atoms with van der Waals surface area (Å²) in [4.78, 5) is 11.6. The van der Waals surface area contributed by atoms with Crippen molar-refractivity contribution in [3.05, 3.63) is 41.3 Å². The molecule has 0 amide bonds. The van der Waals surface area contributed by atoms with Crippen molar-refractivity contribution in [2.24, 2.45) is 0 Å². The van der Waals surface area contributed by atoms with Crippen molar-refractivity contribution in [1.82, 2.24) is 0 Å². The second kappa shape index (κ2) is 4.95. The molecule has 0 fully saturated rings. The van der Waals surface area contributed by atoms with Crippen LogP contribution in [0.2, 0.25) is 0 Å². The van der Waals surface area contributed by atoms with Crippen molar-refractivity contribution in [3.63, 3.8) is 0 Å². The number of hydrogen-bond donors (Lipinski definition) is 0. The van der Waals surface area contributed by atoms with E-state index in [9.17, 15) is 18.0 Å². The second-order valence-electron chi connectivity index (χ2n) is 4.09. The lowest BCUT2D eigenvalue weighted by Crippen LogP contribution is -2.28. The SMILES string of the molecule is Cc1ccc(OC2=C(C(F)(F)F)OCCC2=O)cc1. The van der Waals surface area contributed by atoms with Gasteiger partial charge in [-0.05, 0) is 19.1 Å². The zero-order valence-corrected chi connectivity index (χ0v) is 10.1. The predicted octanol–water partition coefficient (Wildman–Crippen LogP) is 3.14. The second-order valence-corrected chi connectivity index (χ2v) is 4.09. The van der Waals surface area contributed by atoms with Gasteiger partial charge in [-0.2, -0.15) is 13.2 Å². The maximum absolute atomic E-state index is 12.7. The lowest BCUT2D eigenvalue weighted by molar-refractivity contribution is -0.146. The Morgan fingerprint density at radius 2 is 1.84 bits per heavy atom. The van der Waals surface area contributed by atoms with Gasteiger partial charge < -0.3 is 9.47 Å². The van der Waals surface area contributed by atoms with Crippen LogP contribution >= 0.6 is 0 Å². The third kappa shape index (κ3) is 3.07. The minimum absolute atomic E-state index is 0.124. The Morgan fingerprint density at radius 1 is 1.21 bits per heavy atom. The topological polar surface area (TPSA) is 35.5 Å². The van der Waals surface area contributed by atoms with Gasteiger partial charge in [0, 0.05) is 6.42 Å². The van der Waals surface area contributed by atoms with Crippen molar-refractivity contribution in [1.29, 1.82) is 0 Å². The van der Waals surface area contributed by atoms with E-state index in [2.05, 4.69) is 4.74 Å². The fourth-order valence-electron chi connectivity index (χ4n) is 1.59. The van der Waals surface area contributed by atoms with Crippen molar-refractivity contribution < 1.29 is 27.4 Å². The fraction of sp³-hybridized carbons (Fsp3) is 0.308. The predicted molar refractivity (Wildman–Crippen MR) is 60.5 cm³/mol. The molecule has 0 bridgehead atoms. The maximum Gasteiger partial charge on any atom is 0.453 e. The number of allylic oxidation sites excluding steroid dienone is 2. The molecule has 19 heavy (non-hydrogen) atoms. The molecular formula is C13H11F3O3. The van der Waals surface area contributed by atoms with Gasteiger partial charge in [-0.15, -0.1) is 0 Å². The van der Waals surface area contributed by atoms with Gasteiger partial charge in [0.05, 0.1) is 6.61 Å². The number of aryl methyl sites for hydroxylation is 1. The summed E-state index contributed by atoms with van der Waals surface area (Å²) in [5.74, 6) is -2.67. The van der Waals surface area contributed by atoms with Crippen LogP contribution in [-0.4, -0.2) is 18.6 Å². The fourth-order valence-corrected chi connectivity index (χ4v) is 1.59. The highest BCUT2D eigenvalue weighted by Gasteiger charge is 2.44. The molecule has 1 aliphatic rings. The zero-order chi connectivity index (χ0) is 14.0. The van der Waals surface area contributed by atoms with Crippen molar-refractivity contribution in [2.75, 3.05) is 6.61 Å². The number of hydrogen-bond acceptors (Lipinski definition) is 3. The molecule has 3 nitrogen and oxygen atoms in total. The molecule has 1 aromatic rings. The molecule has 1 aliphatic heterocycles. The molecule has 0 atom stereocenters. The first-order chi connectivity index (χ1) is 8.88. The first-order valence-electron chi connectivity index (χ1n) is 5.60. The van der Waals surface area contributed by atoms with Crippen LogP contribution < -0.4 is 4.74 Å². The van der Waals surface area contributed by atoms with E-state index in [0.717, 1.165) is 5.56 Å². The smallest absolute Gasteiger partial charge is 0.453 e. The van der Waals surface area contributed by atoms with Crippen molar-refractivity contribution in [3.8, 4) is 5.75 Å². The summed E-state index contributed by atoms with van der Waals surface area (Å²) in [5, 5.41) is 0.